The van der Waals surface area contributed by atoms with E-state index in [9.17, 15) is 19.4 Å². The standard InChI is InChI=1S/C46H91N2O6P/c1-3-5-7-9-11-13-15-17-19-21-22-23-24-25-27-29-31-33-35-37-39-45(49)44(43-54-55(51,52)53-42-41-47)48-46(50)40-38-36-34-32-30-28-26-20-18-16-14-12-10-8-6-4-2/h14,16,20,26,44-45,49H,3-13,15,17-19,21-25,27-43,47H2,1-2H3,(H,48,50)(H,51,52)/b16-14-,26-20-. The Morgan fingerprint density at radius 3 is 1.45 bits per heavy atom. The van der Waals surface area contributed by atoms with Gasteiger partial charge in [0.1, 0.15) is 0 Å². The van der Waals surface area contributed by atoms with Gasteiger partial charge in [-0.1, -0.05) is 205 Å². The van der Waals surface area contributed by atoms with E-state index in [1.54, 1.807) is 0 Å². The number of carbonyl (C=O) groups is 1. The molecule has 0 saturated carbocycles. The normalized spacial score (nSPS) is 14.2. The molecule has 3 atom stereocenters. The molecule has 8 nitrogen and oxygen atoms in total. The van der Waals surface area contributed by atoms with Crippen LogP contribution in [0.2, 0.25) is 0 Å². The number of nitrogens with one attached hydrogen (secondary N) is 1. The van der Waals surface area contributed by atoms with E-state index in [0.717, 1.165) is 64.2 Å². The van der Waals surface area contributed by atoms with E-state index in [2.05, 4.69) is 43.5 Å². The van der Waals surface area contributed by atoms with Crippen LogP contribution in [0.4, 0.5) is 0 Å². The maximum absolute atomic E-state index is 12.8. The van der Waals surface area contributed by atoms with Crippen molar-refractivity contribution in [3.05, 3.63) is 24.3 Å². The average molecular weight is 799 g/mol. The topological polar surface area (TPSA) is 131 Å². The number of aliphatic hydroxyl groups excluding tert-OH is 1. The highest BCUT2D eigenvalue weighted by molar-refractivity contribution is 7.47. The molecule has 0 aliphatic carbocycles. The van der Waals surface area contributed by atoms with Gasteiger partial charge in [0.2, 0.25) is 5.91 Å². The molecular formula is C46H91N2O6P. The maximum Gasteiger partial charge on any atom is 0.472 e. The van der Waals surface area contributed by atoms with E-state index < -0.39 is 20.0 Å². The summed E-state index contributed by atoms with van der Waals surface area (Å²) in [4.78, 5) is 22.8. The molecule has 0 aromatic heterocycles. The van der Waals surface area contributed by atoms with Crippen molar-refractivity contribution in [3.63, 3.8) is 0 Å². The molecule has 5 N–H and O–H groups in total. The summed E-state index contributed by atoms with van der Waals surface area (Å²) in [6, 6.07) is -0.780. The fourth-order valence-corrected chi connectivity index (χ4v) is 7.75. The Morgan fingerprint density at radius 1 is 0.600 bits per heavy atom. The molecule has 0 spiro atoms. The Bertz CT molecular complexity index is 917. The molecule has 9 heteroatoms. The van der Waals surface area contributed by atoms with Gasteiger partial charge in [0.15, 0.2) is 0 Å². The van der Waals surface area contributed by atoms with Gasteiger partial charge in [0.05, 0.1) is 25.4 Å². The number of allylic oxidation sites excluding steroid dienone is 4. The second-order valence-electron chi connectivity index (χ2n) is 16.0. The van der Waals surface area contributed by atoms with Crippen LogP contribution in [0.25, 0.3) is 0 Å². The summed E-state index contributed by atoms with van der Waals surface area (Å²) in [5, 5.41) is 13.8. The predicted octanol–water partition coefficient (Wildman–Crippen LogP) is 13.3. The first kappa shape index (κ1) is 54.0. The quantitative estimate of drug-likeness (QED) is 0.0274. The zero-order valence-corrected chi connectivity index (χ0v) is 37.1. The van der Waals surface area contributed by atoms with Crippen molar-refractivity contribution in [3.8, 4) is 0 Å². The van der Waals surface area contributed by atoms with Gasteiger partial charge in [-0.25, -0.2) is 4.57 Å². The highest BCUT2D eigenvalue weighted by atomic mass is 31.2. The van der Waals surface area contributed by atoms with Crippen molar-refractivity contribution < 1.29 is 28.4 Å². The van der Waals surface area contributed by atoms with Crippen LogP contribution in [0.5, 0.6) is 0 Å². The fourth-order valence-electron chi connectivity index (χ4n) is 6.99. The van der Waals surface area contributed by atoms with Crippen LogP contribution in [0.1, 0.15) is 232 Å². The zero-order valence-electron chi connectivity index (χ0n) is 36.2. The number of hydrogen-bond acceptors (Lipinski definition) is 6. The molecule has 0 fully saturated rings. The number of phosphoric acid groups is 1. The molecule has 0 aromatic rings. The summed E-state index contributed by atoms with van der Waals surface area (Å²) in [5.74, 6) is -0.173. The summed E-state index contributed by atoms with van der Waals surface area (Å²) >= 11 is 0. The number of nitrogens with two attached hydrogens (primary N) is 1. The third kappa shape index (κ3) is 41.0. The molecule has 1 amide bonds. The number of aliphatic hydroxyl groups is 1. The van der Waals surface area contributed by atoms with Gasteiger partial charge in [-0.05, 0) is 44.9 Å². The summed E-state index contributed by atoms with van der Waals surface area (Å²) in [6.45, 7) is 4.20. The van der Waals surface area contributed by atoms with E-state index in [1.165, 1.54) is 141 Å². The Labute approximate surface area is 340 Å². The number of amides is 1. The van der Waals surface area contributed by atoms with Crippen LogP contribution in [-0.4, -0.2) is 47.8 Å². The number of hydrogen-bond donors (Lipinski definition) is 4. The molecule has 55 heavy (non-hydrogen) atoms. The Hall–Kier alpha value is -1.02. The van der Waals surface area contributed by atoms with Gasteiger partial charge < -0.3 is 21.1 Å². The molecule has 0 aliphatic rings. The van der Waals surface area contributed by atoms with Crippen LogP contribution >= 0.6 is 7.82 Å². The minimum absolute atomic E-state index is 0.0870. The predicted molar refractivity (Wildman–Crippen MR) is 235 cm³/mol. The van der Waals surface area contributed by atoms with E-state index in [-0.39, 0.29) is 25.7 Å². The third-order valence-electron chi connectivity index (χ3n) is 10.6. The van der Waals surface area contributed by atoms with Gasteiger partial charge in [-0.2, -0.15) is 0 Å². The molecule has 0 heterocycles. The lowest BCUT2D eigenvalue weighted by Crippen LogP contribution is -2.46. The second kappa shape index (κ2) is 42.6. The monoisotopic (exact) mass is 799 g/mol. The van der Waals surface area contributed by atoms with Gasteiger partial charge >= 0.3 is 7.82 Å². The second-order valence-corrected chi connectivity index (χ2v) is 17.4. The third-order valence-corrected chi connectivity index (χ3v) is 11.5. The largest absolute Gasteiger partial charge is 0.472 e. The first-order valence-corrected chi connectivity index (χ1v) is 24.9. The molecule has 3 unspecified atom stereocenters. The molecule has 0 saturated heterocycles. The smallest absolute Gasteiger partial charge is 0.391 e. The minimum Gasteiger partial charge on any atom is -0.391 e. The summed E-state index contributed by atoms with van der Waals surface area (Å²) in [7, 11) is -4.32. The minimum atomic E-state index is -4.32. The van der Waals surface area contributed by atoms with Gasteiger partial charge in [0, 0.05) is 13.0 Å². The zero-order chi connectivity index (χ0) is 40.3. The first-order valence-electron chi connectivity index (χ1n) is 23.5. The highest BCUT2D eigenvalue weighted by Crippen LogP contribution is 2.43. The summed E-state index contributed by atoms with van der Waals surface area (Å²) in [6.07, 6.45) is 49.0. The molecule has 326 valence electrons. The lowest BCUT2D eigenvalue weighted by Gasteiger charge is -2.25. The SMILES string of the molecule is CCCCCC/C=C\C/C=C\CCCCCCCC(=O)NC(COP(=O)(O)OCCN)C(O)CCCCCCCCCCCCCCCCCCCCCC. The van der Waals surface area contributed by atoms with Gasteiger partial charge in [-0.15, -0.1) is 0 Å². The van der Waals surface area contributed by atoms with E-state index in [0.29, 0.717) is 12.8 Å². The lowest BCUT2D eigenvalue weighted by atomic mass is 10.0. The van der Waals surface area contributed by atoms with Crippen LogP contribution in [0.3, 0.4) is 0 Å². The van der Waals surface area contributed by atoms with Crippen molar-refractivity contribution in [1.29, 1.82) is 0 Å². The number of phosphoric ester groups is 1. The lowest BCUT2D eigenvalue weighted by molar-refractivity contribution is -0.123. The summed E-state index contributed by atoms with van der Waals surface area (Å²) < 4.78 is 22.2. The van der Waals surface area contributed by atoms with E-state index in [1.807, 2.05) is 0 Å². The molecular weight excluding hydrogens is 707 g/mol. The summed E-state index contributed by atoms with van der Waals surface area (Å²) in [5.41, 5.74) is 5.39. The van der Waals surface area contributed by atoms with Crippen LogP contribution in [0, 0.1) is 0 Å². The first-order chi connectivity index (χ1) is 26.9. The van der Waals surface area contributed by atoms with Gasteiger partial charge in [-0.3, -0.25) is 13.8 Å². The maximum atomic E-state index is 12.8. The molecule has 0 radical (unpaired) electrons. The Balaban J connectivity index is 4.11. The molecule has 0 aromatic carbocycles. The van der Waals surface area contributed by atoms with Crippen LogP contribution in [-0.2, 0) is 18.4 Å². The van der Waals surface area contributed by atoms with Gasteiger partial charge in [0.25, 0.3) is 0 Å². The Morgan fingerprint density at radius 2 is 1.00 bits per heavy atom. The van der Waals surface area contributed by atoms with E-state index >= 15 is 0 Å². The van der Waals surface area contributed by atoms with Crippen molar-refractivity contribution in [2.45, 2.75) is 244 Å². The van der Waals surface area contributed by atoms with Crippen molar-refractivity contribution in [1.82, 2.24) is 5.32 Å². The van der Waals surface area contributed by atoms with Crippen LogP contribution < -0.4 is 11.1 Å². The van der Waals surface area contributed by atoms with Crippen molar-refractivity contribution >= 4 is 13.7 Å². The number of rotatable bonds is 44. The molecule has 0 bridgehead atoms. The van der Waals surface area contributed by atoms with Crippen molar-refractivity contribution in [2.75, 3.05) is 19.8 Å². The van der Waals surface area contributed by atoms with Crippen LogP contribution in [0.15, 0.2) is 24.3 Å². The van der Waals surface area contributed by atoms with Crippen molar-refractivity contribution in [2.24, 2.45) is 5.73 Å². The number of carbonyl (C=O) groups excluding carboxylic acids is 1. The van der Waals surface area contributed by atoms with E-state index in [4.69, 9.17) is 14.8 Å². The Kier molecular flexibility index (Phi) is 41.8. The molecule has 0 aliphatic heterocycles. The molecule has 0 rings (SSSR count). The number of unbranched alkanes of at least 4 members (excludes halogenated alkanes) is 28. The highest BCUT2D eigenvalue weighted by Gasteiger charge is 2.27. The average Bonchev–Trinajstić information content (AvgIpc) is 3.17. The fraction of sp³-hybridized carbons (Fsp3) is 0.891.